The summed E-state index contributed by atoms with van der Waals surface area (Å²) in [6, 6.07) is 20.0. The minimum Gasteiger partial charge on any atom is -0.496 e. The molecule has 1 atom stereocenters. The molecule has 32 heavy (non-hydrogen) atoms. The van der Waals surface area contributed by atoms with Crippen molar-refractivity contribution in [2.45, 2.75) is 44.7 Å². The van der Waals surface area contributed by atoms with Gasteiger partial charge in [-0.15, -0.1) is 12.4 Å². The number of hydrogen-bond donors (Lipinski definition) is 1. The lowest BCUT2D eigenvalue weighted by molar-refractivity contribution is 0.191. The third kappa shape index (κ3) is 5.74. The van der Waals surface area contributed by atoms with E-state index in [4.69, 9.17) is 4.74 Å². The number of aromatic nitrogens is 1. The summed E-state index contributed by atoms with van der Waals surface area (Å²) in [5.41, 5.74) is 4.00. The zero-order valence-corrected chi connectivity index (χ0v) is 20.8. The van der Waals surface area contributed by atoms with Crippen LogP contribution < -0.4 is 4.74 Å². The Labute approximate surface area is 198 Å². The van der Waals surface area contributed by atoms with Gasteiger partial charge in [0.05, 0.1) is 17.8 Å². The highest BCUT2D eigenvalue weighted by Gasteiger charge is 2.20. The number of ether oxygens (including phenoxy) is 1. The maximum absolute atomic E-state index is 12.4. The maximum atomic E-state index is 12.4. The quantitative estimate of drug-likeness (QED) is 0.397. The molecule has 7 heteroatoms. The second-order valence-electron chi connectivity index (χ2n) is 7.56. The molecule has 0 saturated heterocycles. The van der Waals surface area contributed by atoms with Gasteiger partial charge < -0.3 is 9.72 Å². The number of nitrogens with zero attached hydrogens (tertiary/aromatic N) is 1. The number of methoxy groups -OCH3 is 1. The highest BCUT2D eigenvalue weighted by molar-refractivity contribution is 7.91. The predicted octanol–water partition coefficient (Wildman–Crippen LogP) is 5.88. The standard InChI is InChI=1S/C25H32N2O3S.ClH/c1-5-24(19-11-9-8-10-12-19)27(6-2)18-20-13-15-23(26-20)22-17-21(31(28,29)7-3)14-16-25(22)30-4;/h8-17,24,26H,5-7,18H2,1-4H3;1H. The molecule has 1 aromatic heterocycles. The smallest absolute Gasteiger partial charge is 0.178 e. The summed E-state index contributed by atoms with van der Waals surface area (Å²) in [7, 11) is -1.69. The van der Waals surface area contributed by atoms with Gasteiger partial charge in [-0.2, -0.15) is 0 Å². The van der Waals surface area contributed by atoms with E-state index in [0.717, 1.165) is 36.5 Å². The van der Waals surface area contributed by atoms with E-state index in [1.54, 1.807) is 32.2 Å². The molecule has 1 N–H and O–H groups in total. The predicted molar refractivity (Wildman–Crippen MR) is 133 cm³/mol. The Hall–Kier alpha value is -2.28. The van der Waals surface area contributed by atoms with Gasteiger partial charge in [0.25, 0.3) is 0 Å². The van der Waals surface area contributed by atoms with Gasteiger partial charge in [-0.05, 0) is 48.9 Å². The molecular weight excluding hydrogens is 444 g/mol. The molecule has 0 bridgehead atoms. The minimum absolute atomic E-state index is 0. The molecule has 1 heterocycles. The molecule has 0 fully saturated rings. The minimum atomic E-state index is -3.29. The normalized spacial score (nSPS) is 12.4. The first kappa shape index (κ1) is 26.0. The summed E-state index contributed by atoms with van der Waals surface area (Å²) >= 11 is 0. The number of rotatable bonds is 10. The first-order chi connectivity index (χ1) is 14.9. The summed E-state index contributed by atoms with van der Waals surface area (Å²) in [5.74, 6) is 0.712. The van der Waals surface area contributed by atoms with E-state index < -0.39 is 9.84 Å². The topological polar surface area (TPSA) is 62.4 Å². The largest absolute Gasteiger partial charge is 0.496 e. The van der Waals surface area contributed by atoms with Crippen molar-refractivity contribution >= 4 is 22.2 Å². The van der Waals surface area contributed by atoms with Crippen molar-refractivity contribution in [3.63, 3.8) is 0 Å². The Bertz CT molecular complexity index is 1100. The lowest BCUT2D eigenvalue weighted by Gasteiger charge is -2.30. The van der Waals surface area contributed by atoms with Crippen molar-refractivity contribution in [2.75, 3.05) is 19.4 Å². The average molecular weight is 477 g/mol. The van der Waals surface area contributed by atoms with Gasteiger partial charge in [-0.1, -0.05) is 51.1 Å². The Kier molecular flexibility index (Phi) is 9.37. The average Bonchev–Trinajstić information content (AvgIpc) is 3.27. The van der Waals surface area contributed by atoms with Crippen molar-refractivity contribution in [1.29, 1.82) is 0 Å². The van der Waals surface area contributed by atoms with E-state index in [2.05, 4.69) is 54.1 Å². The van der Waals surface area contributed by atoms with Crippen LogP contribution in [0.25, 0.3) is 11.3 Å². The Morgan fingerprint density at radius 2 is 1.72 bits per heavy atom. The van der Waals surface area contributed by atoms with Crippen molar-refractivity contribution in [1.82, 2.24) is 9.88 Å². The summed E-state index contributed by atoms with van der Waals surface area (Å²) in [4.78, 5) is 6.24. The number of sulfone groups is 1. The summed E-state index contributed by atoms with van der Waals surface area (Å²) < 4.78 is 30.2. The fraction of sp³-hybridized carbons (Fsp3) is 0.360. The molecule has 2 aromatic carbocycles. The summed E-state index contributed by atoms with van der Waals surface area (Å²) in [6.07, 6.45) is 1.02. The van der Waals surface area contributed by atoms with E-state index in [1.807, 2.05) is 12.1 Å². The van der Waals surface area contributed by atoms with Crippen LogP contribution in [0, 0.1) is 0 Å². The molecule has 1 unspecified atom stereocenters. The van der Waals surface area contributed by atoms with Gasteiger partial charge in [0.15, 0.2) is 9.84 Å². The zero-order chi connectivity index (χ0) is 22.4. The van der Waals surface area contributed by atoms with Crippen molar-refractivity contribution in [3.8, 4) is 17.0 Å². The van der Waals surface area contributed by atoms with Gasteiger partial charge in [0.2, 0.25) is 0 Å². The van der Waals surface area contributed by atoms with E-state index >= 15 is 0 Å². The van der Waals surface area contributed by atoms with Crippen LogP contribution in [0.15, 0.2) is 65.6 Å². The van der Waals surface area contributed by atoms with Gasteiger partial charge in [0, 0.05) is 29.5 Å². The summed E-state index contributed by atoms with van der Waals surface area (Å²) in [6.45, 7) is 7.75. The third-order valence-electron chi connectivity index (χ3n) is 5.74. The van der Waals surface area contributed by atoms with Crippen LogP contribution >= 0.6 is 12.4 Å². The van der Waals surface area contributed by atoms with Crippen LogP contribution in [-0.4, -0.2) is 37.7 Å². The number of benzene rings is 2. The second kappa shape index (κ2) is 11.5. The third-order valence-corrected chi connectivity index (χ3v) is 7.47. The van der Waals surface area contributed by atoms with Crippen molar-refractivity contribution in [3.05, 3.63) is 71.9 Å². The molecular formula is C25H33ClN2O3S. The van der Waals surface area contributed by atoms with E-state index in [9.17, 15) is 8.42 Å². The van der Waals surface area contributed by atoms with Crippen LogP contribution in [0.1, 0.15) is 44.5 Å². The molecule has 3 aromatic rings. The van der Waals surface area contributed by atoms with E-state index in [0.29, 0.717) is 16.7 Å². The Morgan fingerprint density at radius 1 is 1.00 bits per heavy atom. The first-order valence-electron chi connectivity index (χ1n) is 10.8. The number of aromatic amines is 1. The molecule has 0 aliphatic rings. The van der Waals surface area contributed by atoms with Gasteiger partial charge >= 0.3 is 0 Å². The number of halogens is 1. The number of H-pyrrole nitrogens is 1. The summed E-state index contributed by atoms with van der Waals surface area (Å²) in [5, 5.41) is 0. The number of nitrogens with one attached hydrogen (secondary N) is 1. The SMILES string of the molecule is CCC(c1ccccc1)N(CC)Cc1ccc(-c2cc(S(=O)(=O)CC)ccc2OC)[nH]1.Cl. The van der Waals surface area contributed by atoms with Gasteiger partial charge in [0.1, 0.15) is 5.75 Å². The molecule has 0 radical (unpaired) electrons. The lowest BCUT2D eigenvalue weighted by atomic mass is 10.0. The monoisotopic (exact) mass is 476 g/mol. The van der Waals surface area contributed by atoms with Crippen LogP contribution in [0.2, 0.25) is 0 Å². The Balaban J connectivity index is 0.00000363. The molecule has 0 aliphatic carbocycles. The molecule has 174 valence electrons. The van der Waals surface area contributed by atoms with E-state index in [1.165, 1.54) is 5.56 Å². The highest BCUT2D eigenvalue weighted by Crippen LogP contribution is 2.33. The first-order valence-corrected chi connectivity index (χ1v) is 12.5. The second-order valence-corrected chi connectivity index (χ2v) is 9.84. The van der Waals surface area contributed by atoms with Crippen LogP contribution in [0.4, 0.5) is 0 Å². The maximum Gasteiger partial charge on any atom is 0.178 e. The molecule has 0 spiro atoms. The highest BCUT2D eigenvalue weighted by atomic mass is 35.5. The zero-order valence-electron chi connectivity index (χ0n) is 19.2. The molecule has 0 aliphatic heterocycles. The van der Waals surface area contributed by atoms with Crippen LogP contribution in [0.5, 0.6) is 5.75 Å². The van der Waals surface area contributed by atoms with Crippen molar-refractivity contribution in [2.24, 2.45) is 0 Å². The molecule has 5 nitrogen and oxygen atoms in total. The van der Waals surface area contributed by atoms with Gasteiger partial charge in [-0.25, -0.2) is 8.42 Å². The number of hydrogen-bond acceptors (Lipinski definition) is 4. The molecule has 0 saturated carbocycles. The van der Waals surface area contributed by atoms with Gasteiger partial charge in [-0.3, -0.25) is 4.90 Å². The van der Waals surface area contributed by atoms with Crippen molar-refractivity contribution < 1.29 is 13.2 Å². The fourth-order valence-electron chi connectivity index (χ4n) is 3.99. The van der Waals surface area contributed by atoms with Crippen LogP contribution in [-0.2, 0) is 16.4 Å². The lowest BCUT2D eigenvalue weighted by Crippen LogP contribution is -2.28. The molecule has 3 rings (SSSR count). The van der Waals surface area contributed by atoms with E-state index in [-0.39, 0.29) is 18.2 Å². The fourth-order valence-corrected chi connectivity index (χ4v) is 4.89. The molecule has 0 amide bonds. The van der Waals surface area contributed by atoms with Crippen LogP contribution in [0.3, 0.4) is 0 Å². The Morgan fingerprint density at radius 3 is 2.31 bits per heavy atom.